The van der Waals surface area contributed by atoms with Gasteiger partial charge in [0.15, 0.2) is 11.6 Å². The van der Waals surface area contributed by atoms with Gasteiger partial charge in [0.05, 0.1) is 18.0 Å². The van der Waals surface area contributed by atoms with Crippen molar-refractivity contribution in [3.63, 3.8) is 0 Å². The zero-order valence-electron chi connectivity index (χ0n) is 11.1. The summed E-state index contributed by atoms with van der Waals surface area (Å²) < 4.78 is 23.7. The Kier molecular flexibility index (Phi) is 5.71. The molecule has 0 saturated carbocycles. The highest BCUT2D eigenvalue weighted by Gasteiger charge is 2.10. The molecule has 0 heterocycles. The van der Waals surface area contributed by atoms with Gasteiger partial charge in [-0.3, -0.25) is 0 Å². The number of halogens is 1. The predicted molar refractivity (Wildman–Crippen MR) is 71.6 cm³/mol. The summed E-state index contributed by atoms with van der Waals surface area (Å²) in [7, 11) is 1.66. The molecule has 4 nitrogen and oxygen atoms in total. The second-order valence-electron chi connectivity index (χ2n) is 4.13. The Balaban J connectivity index is 2.78. The van der Waals surface area contributed by atoms with E-state index in [9.17, 15) is 4.39 Å². The highest BCUT2D eigenvalue weighted by Crippen LogP contribution is 2.28. The molecule has 0 bridgehead atoms. The van der Waals surface area contributed by atoms with Gasteiger partial charge in [-0.25, -0.2) is 4.39 Å². The van der Waals surface area contributed by atoms with Gasteiger partial charge in [-0.05, 0) is 20.3 Å². The minimum atomic E-state index is -0.440. The Labute approximate surface area is 107 Å². The van der Waals surface area contributed by atoms with Gasteiger partial charge >= 0.3 is 0 Å². The van der Waals surface area contributed by atoms with Crippen molar-refractivity contribution in [3.8, 4) is 5.75 Å². The fourth-order valence-electron chi connectivity index (χ4n) is 1.59. The molecule has 1 atom stereocenters. The summed E-state index contributed by atoms with van der Waals surface area (Å²) in [6, 6.07) is 3.06. The maximum atomic E-state index is 13.5. The summed E-state index contributed by atoms with van der Waals surface area (Å²) in [5, 5.41) is 3.22. The molecule has 1 aromatic carbocycles. The minimum Gasteiger partial charge on any atom is -0.491 e. The van der Waals surface area contributed by atoms with Crippen molar-refractivity contribution in [1.82, 2.24) is 0 Å². The number of hydrogen-bond donors (Lipinski definition) is 2. The summed E-state index contributed by atoms with van der Waals surface area (Å²) >= 11 is 0. The SMILES string of the molecule is CCOc1cc(NC(C)CCOC)c(N)cc1F. The number of ether oxygens (including phenoxy) is 2. The smallest absolute Gasteiger partial charge is 0.167 e. The number of nitrogens with two attached hydrogens (primary N) is 1. The normalized spacial score (nSPS) is 12.2. The molecule has 102 valence electrons. The minimum absolute atomic E-state index is 0.187. The van der Waals surface area contributed by atoms with E-state index in [-0.39, 0.29) is 11.8 Å². The summed E-state index contributed by atoms with van der Waals surface area (Å²) in [6.45, 7) is 4.90. The predicted octanol–water partition coefficient (Wildman–Crippen LogP) is 2.64. The molecule has 0 amide bonds. The van der Waals surface area contributed by atoms with E-state index in [2.05, 4.69) is 5.32 Å². The van der Waals surface area contributed by atoms with Gasteiger partial charge in [0, 0.05) is 31.9 Å². The number of hydrogen-bond acceptors (Lipinski definition) is 4. The third-order valence-electron chi connectivity index (χ3n) is 2.56. The van der Waals surface area contributed by atoms with Gasteiger partial charge in [0.2, 0.25) is 0 Å². The van der Waals surface area contributed by atoms with Crippen molar-refractivity contribution in [3.05, 3.63) is 17.9 Å². The zero-order valence-corrected chi connectivity index (χ0v) is 11.1. The molecule has 1 unspecified atom stereocenters. The zero-order chi connectivity index (χ0) is 13.5. The van der Waals surface area contributed by atoms with Crippen LogP contribution in [-0.4, -0.2) is 26.4 Å². The fourth-order valence-corrected chi connectivity index (χ4v) is 1.59. The van der Waals surface area contributed by atoms with Crippen LogP contribution in [0.25, 0.3) is 0 Å². The molecule has 0 saturated heterocycles. The molecule has 0 spiro atoms. The van der Waals surface area contributed by atoms with Gasteiger partial charge < -0.3 is 20.5 Å². The first-order valence-corrected chi connectivity index (χ1v) is 6.05. The van der Waals surface area contributed by atoms with Gasteiger partial charge in [0.1, 0.15) is 0 Å². The molecule has 0 aromatic heterocycles. The number of methoxy groups -OCH3 is 1. The number of anilines is 2. The highest BCUT2D eigenvalue weighted by molar-refractivity contribution is 5.68. The summed E-state index contributed by atoms with van der Waals surface area (Å²) in [6.07, 6.45) is 0.845. The lowest BCUT2D eigenvalue weighted by Crippen LogP contribution is -2.18. The van der Waals surface area contributed by atoms with Crippen LogP contribution in [0.5, 0.6) is 5.75 Å². The standard InChI is InChI=1S/C13H21FN2O2/c1-4-18-13-8-12(11(15)7-10(13)14)16-9(2)5-6-17-3/h7-9,16H,4-6,15H2,1-3H3. The average molecular weight is 256 g/mol. The van der Waals surface area contributed by atoms with Crippen LogP contribution in [0, 0.1) is 5.82 Å². The molecule has 18 heavy (non-hydrogen) atoms. The van der Waals surface area contributed by atoms with E-state index in [0.29, 0.717) is 24.6 Å². The Morgan fingerprint density at radius 1 is 1.44 bits per heavy atom. The molecule has 3 N–H and O–H groups in total. The van der Waals surface area contributed by atoms with Gasteiger partial charge in [-0.15, -0.1) is 0 Å². The second kappa shape index (κ2) is 7.06. The number of nitrogen functional groups attached to an aromatic ring is 1. The van der Waals surface area contributed by atoms with Crippen molar-refractivity contribution < 1.29 is 13.9 Å². The number of rotatable bonds is 7. The monoisotopic (exact) mass is 256 g/mol. The molecule has 0 radical (unpaired) electrons. The van der Waals surface area contributed by atoms with E-state index in [1.165, 1.54) is 6.07 Å². The Morgan fingerprint density at radius 3 is 2.78 bits per heavy atom. The molecular formula is C13H21FN2O2. The van der Waals surface area contributed by atoms with E-state index >= 15 is 0 Å². The molecule has 0 aliphatic rings. The van der Waals surface area contributed by atoms with Crippen LogP contribution in [-0.2, 0) is 4.74 Å². The topological polar surface area (TPSA) is 56.5 Å². The van der Waals surface area contributed by atoms with Crippen LogP contribution in [0.4, 0.5) is 15.8 Å². The summed E-state index contributed by atoms with van der Waals surface area (Å²) in [5.41, 5.74) is 6.83. The third kappa shape index (κ3) is 4.07. The Hall–Kier alpha value is -1.49. The average Bonchev–Trinajstić information content (AvgIpc) is 2.33. The maximum absolute atomic E-state index is 13.5. The number of benzene rings is 1. The van der Waals surface area contributed by atoms with Crippen LogP contribution in [0.2, 0.25) is 0 Å². The van der Waals surface area contributed by atoms with Gasteiger partial charge in [-0.1, -0.05) is 0 Å². The first-order valence-electron chi connectivity index (χ1n) is 6.05. The van der Waals surface area contributed by atoms with Crippen molar-refractivity contribution in [2.75, 3.05) is 31.4 Å². The van der Waals surface area contributed by atoms with Gasteiger partial charge in [-0.2, -0.15) is 0 Å². The van der Waals surface area contributed by atoms with E-state index in [4.69, 9.17) is 15.2 Å². The van der Waals surface area contributed by atoms with E-state index in [1.807, 2.05) is 13.8 Å². The summed E-state index contributed by atoms with van der Waals surface area (Å²) in [4.78, 5) is 0. The number of nitrogens with one attached hydrogen (secondary N) is 1. The largest absolute Gasteiger partial charge is 0.491 e. The third-order valence-corrected chi connectivity index (χ3v) is 2.56. The lowest BCUT2D eigenvalue weighted by Gasteiger charge is -2.17. The molecule has 1 rings (SSSR count). The van der Waals surface area contributed by atoms with Crippen molar-refractivity contribution >= 4 is 11.4 Å². The molecule has 5 heteroatoms. The Bertz CT molecular complexity index is 385. The summed E-state index contributed by atoms with van der Waals surface area (Å²) in [5.74, 6) is -0.224. The molecule has 0 aliphatic heterocycles. The molecule has 0 aliphatic carbocycles. The van der Waals surface area contributed by atoms with Crippen molar-refractivity contribution in [1.29, 1.82) is 0 Å². The van der Waals surface area contributed by atoms with E-state index in [1.54, 1.807) is 13.2 Å². The van der Waals surface area contributed by atoms with Gasteiger partial charge in [0.25, 0.3) is 0 Å². The second-order valence-corrected chi connectivity index (χ2v) is 4.13. The molecule has 0 fully saturated rings. The quantitative estimate of drug-likeness (QED) is 0.736. The van der Waals surface area contributed by atoms with Crippen LogP contribution < -0.4 is 15.8 Å². The molecule has 1 aromatic rings. The first kappa shape index (κ1) is 14.6. The van der Waals surface area contributed by atoms with Crippen LogP contribution in [0.3, 0.4) is 0 Å². The van der Waals surface area contributed by atoms with Crippen LogP contribution in [0.15, 0.2) is 12.1 Å². The van der Waals surface area contributed by atoms with Crippen LogP contribution in [0.1, 0.15) is 20.3 Å². The van der Waals surface area contributed by atoms with Crippen molar-refractivity contribution in [2.24, 2.45) is 0 Å². The molecular weight excluding hydrogens is 235 g/mol. The Morgan fingerprint density at radius 2 is 2.17 bits per heavy atom. The maximum Gasteiger partial charge on any atom is 0.167 e. The van der Waals surface area contributed by atoms with E-state index < -0.39 is 5.82 Å². The van der Waals surface area contributed by atoms with Crippen molar-refractivity contribution in [2.45, 2.75) is 26.3 Å². The lowest BCUT2D eigenvalue weighted by molar-refractivity contribution is 0.191. The fraction of sp³-hybridized carbons (Fsp3) is 0.538. The van der Waals surface area contributed by atoms with E-state index in [0.717, 1.165) is 6.42 Å². The first-order chi connectivity index (χ1) is 8.58. The highest BCUT2D eigenvalue weighted by atomic mass is 19.1. The van der Waals surface area contributed by atoms with Crippen LogP contribution >= 0.6 is 0 Å². The lowest BCUT2D eigenvalue weighted by atomic mass is 10.2.